The van der Waals surface area contributed by atoms with Crippen molar-refractivity contribution in [2.45, 2.75) is 18.6 Å². The van der Waals surface area contributed by atoms with E-state index in [-0.39, 0.29) is 11.3 Å². The molecule has 3 rings (SSSR count). The Bertz CT molecular complexity index is 659. The van der Waals surface area contributed by atoms with Crippen LogP contribution in [0.1, 0.15) is 17.2 Å². The van der Waals surface area contributed by atoms with Crippen molar-refractivity contribution in [1.29, 1.82) is 0 Å². The Hall–Kier alpha value is -2.43. The van der Waals surface area contributed by atoms with Crippen LogP contribution in [0.5, 0.6) is 5.75 Å². The van der Waals surface area contributed by atoms with Crippen LogP contribution in [0.2, 0.25) is 0 Å². The molecule has 20 heavy (non-hydrogen) atoms. The van der Waals surface area contributed by atoms with Gasteiger partial charge in [-0.3, -0.25) is 10.1 Å². The average Bonchev–Trinajstić information content (AvgIpc) is 2.46. The lowest BCUT2D eigenvalue weighted by Gasteiger charge is -2.28. The third-order valence-corrected chi connectivity index (χ3v) is 3.45. The van der Waals surface area contributed by atoms with Crippen molar-refractivity contribution in [2.75, 3.05) is 0 Å². The van der Waals surface area contributed by atoms with Gasteiger partial charge in [-0.05, 0) is 18.2 Å². The number of para-hydroxylation sites is 1. The van der Waals surface area contributed by atoms with E-state index in [0.29, 0.717) is 11.3 Å². The molecule has 0 radical (unpaired) electrons. The summed E-state index contributed by atoms with van der Waals surface area (Å²) in [5, 5.41) is 11.3. The lowest BCUT2D eigenvalue weighted by molar-refractivity contribution is -0.535. The second-order valence-electron chi connectivity index (χ2n) is 4.76. The van der Waals surface area contributed by atoms with Crippen molar-refractivity contribution in [3.05, 3.63) is 75.6 Å². The number of fused-ring (bicyclic) bond motifs is 1. The van der Waals surface area contributed by atoms with Crippen LogP contribution >= 0.6 is 0 Å². The van der Waals surface area contributed by atoms with E-state index in [1.807, 2.05) is 18.2 Å². The maximum absolute atomic E-state index is 13.3. The SMILES string of the molecule is O=[N+]([O-])[C@H]1Cc2ccccc2O[C@@H]1c1cccc(F)c1. The average molecular weight is 273 g/mol. The van der Waals surface area contributed by atoms with Gasteiger partial charge in [-0.15, -0.1) is 0 Å². The first-order valence-corrected chi connectivity index (χ1v) is 6.28. The van der Waals surface area contributed by atoms with Gasteiger partial charge in [0.2, 0.25) is 0 Å². The van der Waals surface area contributed by atoms with Gasteiger partial charge in [0, 0.05) is 22.5 Å². The van der Waals surface area contributed by atoms with Crippen molar-refractivity contribution >= 4 is 0 Å². The number of benzene rings is 2. The van der Waals surface area contributed by atoms with Gasteiger partial charge in [0.05, 0.1) is 0 Å². The maximum Gasteiger partial charge on any atom is 0.257 e. The Morgan fingerprint density at radius 2 is 2.00 bits per heavy atom. The molecule has 0 bridgehead atoms. The molecule has 2 aromatic rings. The molecule has 0 aromatic heterocycles. The largest absolute Gasteiger partial charge is 0.478 e. The first-order chi connectivity index (χ1) is 9.65. The van der Waals surface area contributed by atoms with Crippen molar-refractivity contribution in [3.63, 3.8) is 0 Å². The summed E-state index contributed by atoms with van der Waals surface area (Å²) >= 11 is 0. The standard InChI is InChI=1S/C15H12FNO3/c16-12-6-3-5-11(8-12)15-13(17(18)19)9-10-4-1-2-7-14(10)20-15/h1-8,13,15H,9H2/t13-,15+/m0/s1. The summed E-state index contributed by atoms with van der Waals surface area (Å²) in [6.45, 7) is 0. The van der Waals surface area contributed by atoms with Crippen LogP contribution in [0.4, 0.5) is 4.39 Å². The molecule has 0 spiro atoms. The summed E-state index contributed by atoms with van der Waals surface area (Å²) in [7, 11) is 0. The van der Waals surface area contributed by atoms with Crippen molar-refractivity contribution < 1.29 is 14.1 Å². The van der Waals surface area contributed by atoms with Gasteiger partial charge >= 0.3 is 0 Å². The van der Waals surface area contributed by atoms with Gasteiger partial charge in [-0.1, -0.05) is 30.3 Å². The van der Waals surface area contributed by atoms with Gasteiger partial charge in [0.1, 0.15) is 11.6 Å². The zero-order valence-electron chi connectivity index (χ0n) is 10.5. The Balaban J connectivity index is 2.02. The van der Waals surface area contributed by atoms with Gasteiger partial charge in [0.25, 0.3) is 6.04 Å². The van der Waals surface area contributed by atoms with E-state index < -0.39 is 18.0 Å². The van der Waals surface area contributed by atoms with Crippen LogP contribution in [-0.4, -0.2) is 11.0 Å². The Kier molecular flexibility index (Phi) is 3.10. The highest BCUT2D eigenvalue weighted by Crippen LogP contribution is 2.36. The van der Waals surface area contributed by atoms with Crippen molar-refractivity contribution in [3.8, 4) is 5.75 Å². The maximum atomic E-state index is 13.3. The van der Waals surface area contributed by atoms with E-state index in [0.717, 1.165) is 5.56 Å². The second-order valence-corrected chi connectivity index (χ2v) is 4.76. The molecule has 4 nitrogen and oxygen atoms in total. The fourth-order valence-corrected chi connectivity index (χ4v) is 2.49. The third kappa shape index (κ3) is 2.22. The number of nitrogens with zero attached hydrogens (tertiary/aromatic N) is 1. The quantitative estimate of drug-likeness (QED) is 0.624. The highest BCUT2D eigenvalue weighted by molar-refractivity contribution is 5.37. The van der Waals surface area contributed by atoms with Gasteiger partial charge in [-0.2, -0.15) is 0 Å². The topological polar surface area (TPSA) is 52.4 Å². The summed E-state index contributed by atoms with van der Waals surface area (Å²) in [6, 6.07) is 12.1. The first-order valence-electron chi connectivity index (χ1n) is 6.28. The lowest BCUT2D eigenvalue weighted by atomic mass is 9.93. The van der Waals surface area contributed by atoms with E-state index in [9.17, 15) is 14.5 Å². The minimum absolute atomic E-state index is 0.282. The van der Waals surface area contributed by atoms with E-state index in [4.69, 9.17) is 4.74 Å². The van der Waals surface area contributed by atoms with Crippen LogP contribution in [0.15, 0.2) is 48.5 Å². The minimum Gasteiger partial charge on any atom is -0.478 e. The number of ether oxygens (including phenoxy) is 1. The van der Waals surface area contributed by atoms with Crippen LogP contribution in [-0.2, 0) is 6.42 Å². The Morgan fingerprint density at radius 1 is 1.20 bits per heavy atom. The molecular weight excluding hydrogens is 261 g/mol. The predicted octanol–water partition coefficient (Wildman–Crippen LogP) is 3.15. The molecule has 1 aliphatic heterocycles. The molecule has 0 aliphatic carbocycles. The summed E-state index contributed by atoms with van der Waals surface area (Å²) < 4.78 is 19.1. The summed E-state index contributed by atoms with van der Waals surface area (Å²) in [5.74, 6) is 0.201. The summed E-state index contributed by atoms with van der Waals surface area (Å²) in [4.78, 5) is 10.9. The Labute approximate surface area is 115 Å². The zero-order chi connectivity index (χ0) is 14.1. The lowest BCUT2D eigenvalue weighted by Crippen LogP contribution is -2.36. The molecule has 0 saturated carbocycles. The predicted molar refractivity (Wildman–Crippen MR) is 70.7 cm³/mol. The smallest absolute Gasteiger partial charge is 0.257 e. The van der Waals surface area contributed by atoms with Crippen LogP contribution in [0, 0.1) is 15.9 Å². The summed E-state index contributed by atoms with van der Waals surface area (Å²) in [5.41, 5.74) is 1.29. The molecule has 0 fully saturated rings. The van der Waals surface area contributed by atoms with Crippen LogP contribution in [0.3, 0.4) is 0 Å². The Morgan fingerprint density at radius 3 is 2.75 bits per heavy atom. The van der Waals surface area contributed by atoms with E-state index in [1.165, 1.54) is 18.2 Å². The normalized spacial score (nSPS) is 20.9. The molecule has 1 aliphatic rings. The van der Waals surface area contributed by atoms with E-state index in [2.05, 4.69) is 0 Å². The zero-order valence-corrected chi connectivity index (χ0v) is 10.5. The number of rotatable bonds is 2. The molecule has 0 saturated heterocycles. The minimum atomic E-state index is -0.910. The summed E-state index contributed by atoms with van der Waals surface area (Å²) in [6.07, 6.45) is -0.486. The van der Waals surface area contributed by atoms with Gasteiger partial charge in [0.15, 0.2) is 6.10 Å². The fourth-order valence-electron chi connectivity index (χ4n) is 2.49. The molecule has 5 heteroatoms. The number of nitro groups is 1. The second kappa shape index (κ2) is 4.92. The van der Waals surface area contributed by atoms with Crippen molar-refractivity contribution in [2.24, 2.45) is 0 Å². The molecule has 1 heterocycles. The van der Waals surface area contributed by atoms with E-state index in [1.54, 1.807) is 12.1 Å². The molecule has 0 N–H and O–H groups in total. The fraction of sp³-hybridized carbons (Fsp3) is 0.200. The number of hydrogen-bond donors (Lipinski definition) is 0. The molecular formula is C15H12FNO3. The molecule has 2 aromatic carbocycles. The molecule has 0 amide bonds. The molecule has 0 unspecified atom stereocenters. The number of halogens is 1. The van der Waals surface area contributed by atoms with Crippen molar-refractivity contribution in [1.82, 2.24) is 0 Å². The first kappa shape index (κ1) is 12.6. The van der Waals surface area contributed by atoms with Gasteiger partial charge in [-0.25, -0.2) is 4.39 Å². The molecule has 102 valence electrons. The van der Waals surface area contributed by atoms with Crippen LogP contribution in [0.25, 0.3) is 0 Å². The monoisotopic (exact) mass is 273 g/mol. The third-order valence-electron chi connectivity index (χ3n) is 3.45. The van der Waals surface area contributed by atoms with Crippen LogP contribution < -0.4 is 4.74 Å². The van der Waals surface area contributed by atoms with E-state index >= 15 is 0 Å². The highest BCUT2D eigenvalue weighted by Gasteiger charge is 2.39. The molecule has 2 atom stereocenters. The highest BCUT2D eigenvalue weighted by atomic mass is 19.1. The number of hydrogen-bond acceptors (Lipinski definition) is 3. The van der Waals surface area contributed by atoms with Gasteiger partial charge < -0.3 is 4.74 Å².